The summed E-state index contributed by atoms with van der Waals surface area (Å²) in [7, 11) is 0.901. The summed E-state index contributed by atoms with van der Waals surface area (Å²) in [6.45, 7) is 2.17. The molecule has 0 aromatic heterocycles. The minimum Gasteiger partial charge on any atom is -0.453 e. The van der Waals surface area contributed by atoms with Gasteiger partial charge in [-0.25, -0.2) is 9.59 Å². The van der Waals surface area contributed by atoms with Crippen LogP contribution in [0.25, 0.3) is 0 Å². The number of carbonyl (C=O) groups excluding carboxylic acids is 2. The third kappa shape index (κ3) is 7.55. The summed E-state index contributed by atoms with van der Waals surface area (Å²) in [5.74, 6) is 0. The zero-order chi connectivity index (χ0) is 30.9. The fourth-order valence-electron chi connectivity index (χ4n) is 4.47. The molecule has 41 heavy (non-hydrogen) atoms. The number of hydrogen-bond donors (Lipinski definition) is 0. The van der Waals surface area contributed by atoms with Gasteiger partial charge >= 0.3 is 30.7 Å². The monoisotopic (exact) mass is 600 g/mol. The molecule has 0 bridgehead atoms. The summed E-state index contributed by atoms with van der Waals surface area (Å²) < 4.78 is 132. The quantitative estimate of drug-likeness (QED) is 0.332. The number of alkyl halides is 9. The van der Waals surface area contributed by atoms with Gasteiger partial charge in [0.2, 0.25) is 0 Å². The highest BCUT2D eigenvalue weighted by molar-refractivity contribution is 5.89. The number of halogens is 9. The molecule has 1 aliphatic rings. The molecular formula is C26H25F9N2O4. The van der Waals surface area contributed by atoms with Crippen LogP contribution in [-0.4, -0.2) is 36.8 Å². The van der Waals surface area contributed by atoms with E-state index in [9.17, 15) is 49.1 Å². The average molecular weight is 600 g/mol. The molecule has 0 saturated carbocycles. The Morgan fingerprint density at radius 2 is 1.46 bits per heavy atom. The van der Waals surface area contributed by atoms with E-state index in [4.69, 9.17) is 9.47 Å². The van der Waals surface area contributed by atoms with Crippen molar-refractivity contribution in [2.24, 2.45) is 0 Å². The molecule has 0 aliphatic carbocycles. The van der Waals surface area contributed by atoms with Crippen molar-refractivity contribution >= 4 is 17.9 Å². The summed E-state index contributed by atoms with van der Waals surface area (Å²) in [4.78, 5) is 27.5. The van der Waals surface area contributed by atoms with Gasteiger partial charge in [0, 0.05) is 13.1 Å². The van der Waals surface area contributed by atoms with E-state index in [1.807, 2.05) is 0 Å². The predicted molar refractivity (Wildman–Crippen MR) is 127 cm³/mol. The van der Waals surface area contributed by atoms with Gasteiger partial charge in [-0.1, -0.05) is 0 Å². The number of nitrogens with zero attached hydrogens (tertiary/aromatic N) is 2. The Morgan fingerprint density at radius 1 is 0.902 bits per heavy atom. The van der Waals surface area contributed by atoms with Crippen LogP contribution in [0.3, 0.4) is 0 Å². The SMILES string of the molecule is COC(=O)N(Cc1cc(C(F)(F)F)cc(C(F)(F)F)c1)C1CCCN(C(=O)OC(C)C)c2ccc(C(F)(F)F)cc21. The molecule has 0 spiro atoms. The second-order valence-corrected chi connectivity index (χ2v) is 9.53. The molecule has 1 unspecified atom stereocenters. The lowest BCUT2D eigenvalue weighted by atomic mass is 9.96. The highest BCUT2D eigenvalue weighted by Crippen LogP contribution is 2.42. The first-order valence-electron chi connectivity index (χ1n) is 12.1. The van der Waals surface area contributed by atoms with Crippen LogP contribution in [0.15, 0.2) is 36.4 Å². The molecule has 2 aromatic rings. The van der Waals surface area contributed by atoms with Gasteiger partial charge in [-0.3, -0.25) is 9.80 Å². The van der Waals surface area contributed by atoms with Crippen LogP contribution in [0.4, 0.5) is 54.8 Å². The normalized spacial score (nSPS) is 16.2. The molecule has 0 radical (unpaired) electrons. The Labute approximate surface area is 228 Å². The summed E-state index contributed by atoms with van der Waals surface area (Å²) in [5.41, 5.74) is -5.28. The number of fused-ring (bicyclic) bond motifs is 1. The van der Waals surface area contributed by atoms with Gasteiger partial charge in [-0.15, -0.1) is 0 Å². The Kier molecular flexibility index (Phi) is 9.08. The second kappa shape index (κ2) is 11.7. The number of rotatable bonds is 4. The number of hydrogen-bond acceptors (Lipinski definition) is 4. The van der Waals surface area contributed by atoms with Gasteiger partial charge in [0.05, 0.1) is 41.6 Å². The molecule has 6 nitrogen and oxygen atoms in total. The lowest BCUT2D eigenvalue weighted by Gasteiger charge is -2.32. The maximum Gasteiger partial charge on any atom is 0.416 e. The molecule has 2 aromatic carbocycles. The first-order valence-corrected chi connectivity index (χ1v) is 12.1. The van der Waals surface area contributed by atoms with Crippen molar-refractivity contribution in [3.63, 3.8) is 0 Å². The number of ether oxygens (including phenoxy) is 2. The topological polar surface area (TPSA) is 59.1 Å². The minimum atomic E-state index is -5.17. The van der Waals surface area contributed by atoms with Crippen LogP contribution in [0, 0.1) is 0 Å². The zero-order valence-electron chi connectivity index (χ0n) is 21.9. The first kappa shape index (κ1) is 31.9. The van der Waals surface area contributed by atoms with Gasteiger partial charge in [0.25, 0.3) is 0 Å². The Bertz CT molecular complexity index is 1240. The second-order valence-electron chi connectivity index (χ2n) is 9.53. The maximum atomic E-state index is 13.7. The van der Waals surface area contributed by atoms with E-state index in [1.54, 1.807) is 13.8 Å². The third-order valence-corrected chi connectivity index (χ3v) is 6.21. The zero-order valence-corrected chi connectivity index (χ0v) is 21.9. The smallest absolute Gasteiger partial charge is 0.416 e. The van der Waals surface area contributed by atoms with E-state index in [0.29, 0.717) is 24.3 Å². The van der Waals surface area contributed by atoms with Gasteiger partial charge in [0.15, 0.2) is 0 Å². The van der Waals surface area contributed by atoms with Crippen molar-refractivity contribution in [2.45, 2.75) is 63.9 Å². The lowest BCUT2D eigenvalue weighted by molar-refractivity contribution is -0.143. The molecular weight excluding hydrogens is 575 g/mol. The average Bonchev–Trinajstić information content (AvgIpc) is 3.04. The fraction of sp³-hybridized carbons (Fsp3) is 0.462. The molecule has 15 heteroatoms. The van der Waals surface area contributed by atoms with Crippen molar-refractivity contribution in [1.29, 1.82) is 0 Å². The largest absolute Gasteiger partial charge is 0.453 e. The molecule has 226 valence electrons. The standard InChI is InChI=1S/C26H25F9N2O4/c1-14(2)41-23(39)36-8-4-5-20(19-12-16(24(27,28)29)6-7-21(19)36)37(22(38)40-3)13-15-9-17(25(30,31)32)11-18(10-15)26(33,34)35/h6-7,9-12,14,20H,4-5,8,13H2,1-3H3. The molecule has 1 aliphatic heterocycles. The summed E-state index contributed by atoms with van der Waals surface area (Å²) in [5, 5.41) is 0. The number of anilines is 1. The van der Waals surface area contributed by atoms with Crippen LogP contribution in [0.1, 0.15) is 60.5 Å². The Balaban J connectivity index is 2.19. The molecule has 3 rings (SSSR count). The molecule has 1 atom stereocenters. The number of benzene rings is 2. The third-order valence-electron chi connectivity index (χ3n) is 6.21. The highest BCUT2D eigenvalue weighted by Gasteiger charge is 2.40. The first-order chi connectivity index (χ1) is 18.8. The molecule has 0 N–H and O–H groups in total. The van der Waals surface area contributed by atoms with E-state index in [1.165, 1.54) is 0 Å². The van der Waals surface area contributed by atoms with Crippen molar-refractivity contribution in [1.82, 2.24) is 4.90 Å². The van der Waals surface area contributed by atoms with Crippen molar-refractivity contribution in [3.05, 3.63) is 64.2 Å². The van der Waals surface area contributed by atoms with Gasteiger partial charge < -0.3 is 9.47 Å². The van der Waals surface area contributed by atoms with E-state index >= 15 is 0 Å². The Hall–Kier alpha value is -3.65. The van der Waals surface area contributed by atoms with Crippen molar-refractivity contribution in [2.75, 3.05) is 18.6 Å². The molecule has 0 fully saturated rings. The van der Waals surface area contributed by atoms with Crippen LogP contribution < -0.4 is 4.90 Å². The van der Waals surface area contributed by atoms with Crippen molar-refractivity contribution in [3.8, 4) is 0 Å². The van der Waals surface area contributed by atoms with E-state index in [-0.39, 0.29) is 36.7 Å². The molecule has 1 heterocycles. The van der Waals surface area contributed by atoms with Gasteiger partial charge in [-0.05, 0) is 74.2 Å². The summed E-state index contributed by atoms with van der Waals surface area (Å²) >= 11 is 0. The van der Waals surface area contributed by atoms with Crippen molar-refractivity contribution < 1.29 is 58.6 Å². The van der Waals surface area contributed by atoms with E-state index in [2.05, 4.69) is 0 Å². The van der Waals surface area contributed by atoms with Crippen LogP contribution in [0.2, 0.25) is 0 Å². The molecule has 0 saturated heterocycles. The molecule has 2 amide bonds. The van der Waals surface area contributed by atoms with E-state index in [0.717, 1.165) is 23.0 Å². The van der Waals surface area contributed by atoms with Crippen LogP contribution >= 0.6 is 0 Å². The van der Waals surface area contributed by atoms with Gasteiger partial charge in [0.1, 0.15) is 0 Å². The van der Waals surface area contributed by atoms with E-state index < -0.39 is 71.7 Å². The maximum absolute atomic E-state index is 13.7. The number of amides is 2. The summed E-state index contributed by atoms with van der Waals surface area (Å²) in [6, 6.07) is 1.81. The lowest BCUT2D eigenvalue weighted by Crippen LogP contribution is -2.35. The predicted octanol–water partition coefficient (Wildman–Crippen LogP) is 8.20. The number of carbonyl (C=O) groups is 2. The fourth-order valence-corrected chi connectivity index (χ4v) is 4.47. The van der Waals surface area contributed by atoms with Gasteiger partial charge in [-0.2, -0.15) is 39.5 Å². The Morgan fingerprint density at radius 3 is 1.95 bits per heavy atom. The minimum absolute atomic E-state index is 0.0583. The van der Waals surface area contributed by atoms with Crippen LogP contribution in [0.5, 0.6) is 0 Å². The van der Waals surface area contributed by atoms with Crippen LogP contribution in [-0.2, 0) is 34.5 Å². The highest BCUT2D eigenvalue weighted by atomic mass is 19.4. The summed E-state index contributed by atoms with van der Waals surface area (Å²) in [6.07, 6.45) is -17.9. The number of methoxy groups -OCH3 is 1.